The molecular weight excluding hydrogens is 249 g/mol. The second kappa shape index (κ2) is 7.35. The van der Waals surface area contributed by atoms with Crippen LogP contribution in [0.25, 0.3) is 0 Å². The predicted molar refractivity (Wildman–Crippen MR) is 71.5 cm³/mol. The van der Waals surface area contributed by atoms with Crippen molar-refractivity contribution in [2.75, 3.05) is 18.4 Å². The molecule has 0 aliphatic carbocycles. The van der Waals surface area contributed by atoms with E-state index >= 15 is 0 Å². The van der Waals surface area contributed by atoms with Gasteiger partial charge in [0, 0.05) is 20.0 Å². The second-order valence-electron chi connectivity index (χ2n) is 4.20. The van der Waals surface area contributed by atoms with Crippen molar-refractivity contribution in [3.05, 3.63) is 29.6 Å². The number of benzene rings is 1. The summed E-state index contributed by atoms with van der Waals surface area (Å²) in [6.45, 7) is 4.10. The highest BCUT2D eigenvalue weighted by atomic mass is 19.1. The molecule has 0 atom stereocenters. The van der Waals surface area contributed by atoms with Crippen LogP contribution >= 0.6 is 0 Å². The van der Waals surface area contributed by atoms with Crippen LogP contribution in [0.2, 0.25) is 0 Å². The Morgan fingerprint density at radius 2 is 1.89 bits per heavy atom. The molecule has 0 aromatic heterocycles. The van der Waals surface area contributed by atoms with E-state index in [0.29, 0.717) is 19.5 Å². The minimum Gasteiger partial charge on any atom is -0.356 e. The van der Waals surface area contributed by atoms with Crippen molar-refractivity contribution < 1.29 is 14.0 Å². The summed E-state index contributed by atoms with van der Waals surface area (Å²) < 4.78 is 13.5. The van der Waals surface area contributed by atoms with Crippen LogP contribution in [-0.2, 0) is 4.79 Å². The number of anilines is 1. The van der Waals surface area contributed by atoms with Crippen molar-refractivity contribution in [1.82, 2.24) is 10.6 Å². The van der Waals surface area contributed by atoms with Gasteiger partial charge in [0.05, 0.1) is 5.69 Å². The highest BCUT2D eigenvalue weighted by Gasteiger charge is 2.06. The van der Waals surface area contributed by atoms with E-state index in [1.807, 2.05) is 0 Å². The lowest BCUT2D eigenvalue weighted by atomic mass is 10.2. The summed E-state index contributed by atoms with van der Waals surface area (Å²) in [6, 6.07) is 4.12. The molecule has 5 nitrogen and oxygen atoms in total. The number of nitrogens with one attached hydrogen (secondary N) is 3. The Balaban J connectivity index is 2.29. The highest BCUT2D eigenvalue weighted by Crippen LogP contribution is 2.14. The summed E-state index contributed by atoms with van der Waals surface area (Å²) in [5.41, 5.74) is 0.934. The number of carbonyl (C=O) groups is 2. The van der Waals surface area contributed by atoms with Crippen molar-refractivity contribution in [1.29, 1.82) is 0 Å². The van der Waals surface area contributed by atoms with E-state index in [2.05, 4.69) is 16.0 Å². The third-order valence-corrected chi connectivity index (χ3v) is 2.39. The van der Waals surface area contributed by atoms with E-state index in [-0.39, 0.29) is 11.6 Å². The van der Waals surface area contributed by atoms with Gasteiger partial charge in [-0.15, -0.1) is 0 Å². The smallest absolute Gasteiger partial charge is 0.319 e. The Morgan fingerprint density at radius 1 is 1.21 bits per heavy atom. The van der Waals surface area contributed by atoms with E-state index in [4.69, 9.17) is 0 Å². The minimum absolute atomic E-state index is 0.105. The van der Waals surface area contributed by atoms with Gasteiger partial charge in [0.2, 0.25) is 5.91 Å². The molecule has 0 spiro atoms. The number of hydrogen-bond donors (Lipinski definition) is 3. The molecule has 1 aromatic rings. The number of carbonyl (C=O) groups excluding carboxylic acids is 2. The molecule has 0 saturated carbocycles. The Kier molecular flexibility index (Phi) is 5.78. The zero-order valence-corrected chi connectivity index (χ0v) is 11.0. The van der Waals surface area contributed by atoms with Gasteiger partial charge in [-0.25, -0.2) is 9.18 Å². The van der Waals surface area contributed by atoms with Gasteiger partial charge in [-0.3, -0.25) is 4.79 Å². The molecule has 3 amide bonds. The third kappa shape index (κ3) is 5.85. The first-order valence-electron chi connectivity index (χ1n) is 6.04. The predicted octanol–water partition coefficient (Wildman–Crippen LogP) is 1.78. The normalized spacial score (nSPS) is 9.84. The van der Waals surface area contributed by atoms with E-state index in [1.165, 1.54) is 19.1 Å². The maximum absolute atomic E-state index is 13.5. The Labute approximate surface area is 111 Å². The molecule has 104 valence electrons. The fraction of sp³-hybridized carbons (Fsp3) is 0.385. The van der Waals surface area contributed by atoms with Crippen LogP contribution in [-0.4, -0.2) is 25.0 Å². The van der Waals surface area contributed by atoms with Gasteiger partial charge in [0.1, 0.15) is 5.82 Å². The second-order valence-corrected chi connectivity index (χ2v) is 4.20. The first-order valence-corrected chi connectivity index (χ1v) is 6.04. The lowest BCUT2D eigenvalue weighted by Gasteiger charge is -2.09. The standard InChI is InChI=1S/C13H18FN3O2/c1-9-4-5-12(11(14)8-9)17-13(19)16-7-3-6-15-10(2)18/h4-5,8H,3,6-7H2,1-2H3,(H,15,18)(H2,16,17,19). The summed E-state index contributed by atoms with van der Waals surface area (Å²) >= 11 is 0. The number of hydrogen-bond acceptors (Lipinski definition) is 2. The number of amides is 3. The molecule has 0 saturated heterocycles. The van der Waals surface area contributed by atoms with E-state index in [1.54, 1.807) is 13.0 Å². The van der Waals surface area contributed by atoms with Gasteiger partial charge in [-0.05, 0) is 31.0 Å². The van der Waals surface area contributed by atoms with E-state index in [9.17, 15) is 14.0 Å². The molecular formula is C13H18FN3O2. The van der Waals surface area contributed by atoms with Gasteiger partial charge < -0.3 is 16.0 Å². The van der Waals surface area contributed by atoms with Crippen molar-refractivity contribution in [2.45, 2.75) is 20.3 Å². The molecule has 0 heterocycles. The maximum Gasteiger partial charge on any atom is 0.319 e. The molecule has 3 N–H and O–H groups in total. The monoisotopic (exact) mass is 267 g/mol. The molecule has 6 heteroatoms. The summed E-state index contributed by atoms with van der Waals surface area (Å²) in [5.74, 6) is -0.570. The zero-order chi connectivity index (χ0) is 14.3. The summed E-state index contributed by atoms with van der Waals surface area (Å²) in [7, 11) is 0. The number of aryl methyl sites for hydroxylation is 1. The quantitative estimate of drug-likeness (QED) is 0.712. The number of rotatable bonds is 5. The summed E-state index contributed by atoms with van der Waals surface area (Å²) in [5, 5.41) is 7.62. The molecule has 19 heavy (non-hydrogen) atoms. The molecule has 0 fully saturated rings. The number of halogens is 1. The summed E-state index contributed by atoms with van der Waals surface area (Å²) in [4.78, 5) is 22.1. The van der Waals surface area contributed by atoms with E-state index < -0.39 is 11.8 Å². The first kappa shape index (κ1) is 14.9. The van der Waals surface area contributed by atoms with Crippen LogP contribution in [0.1, 0.15) is 18.9 Å². The maximum atomic E-state index is 13.5. The van der Waals surface area contributed by atoms with Crippen LogP contribution in [0.15, 0.2) is 18.2 Å². The van der Waals surface area contributed by atoms with Crippen LogP contribution in [0.3, 0.4) is 0 Å². The van der Waals surface area contributed by atoms with Gasteiger partial charge in [0.25, 0.3) is 0 Å². The minimum atomic E-state index is -0.467. The number of urea groups is 1. The molecule has 1 rings (SSSR count). The van der Waals surface area contributed by atoms with Crippen molar-refractivity contribution >= 4 is 17.6 Å². The highest BCUT2D eigenvalue weighted by molar-refractivity contribution is 5.89. The molecule has 0 aliphatic heterocycles. The Bertz CT molecular complexity index is 463. The summed E-state index contributed by atoms with van der Waals surface area (Å²) in [6.07, 6.45) is 0.614. The van der Waals surface area contributed by atoms with Gasteiger partial charge in [0.15, 0.2) is 0 Å². The SMILES string of the molecule is CC(=O)NCCCNC(=O)Nc1ccc(C)cc1F. The third-order valence-electron chi connectivity index (χ3n) is 2.39. The molecule has 0 aliphatic rings. The molecule has 0 unspecified atom stereocenters. The molecule has 1 aromatic carbocycles. The Morgan fingerprint density at radius 3 is 2.53 bits per heavy atom. The van der Waals surface area contributed by atoms with Gasteiger partial charge in [-0.1, -0.05) is 6.07 Å². The zero-order valence-electron chi connectivity index (χ0n) is 11.0. The van der Waals surface area contributed by atoms with Gasteiger partial charge >= 0.3 is 6.03 Å². The average Bonchev–Trinajstić information content (AvgIpc) is 2.32. The topological polar surface area (TPSA) is 70.2 Å². The van der Waals surface area contributed by atoms with Crippen molar-refractivity contribution in [3.8, 4) is 0 Å². The average molecular weight is 267 g/mol. The van der Waals surface area contributed by atoms with Crippen molar-refractivity contribution in [2.24, 2.45) is 0 Å². The molecule has 0 radical (unpaired) electrons. The van der Waals surface area contributed by atoms with Crippen LogP contribution in [0.4, 0.5) is 14.9 Å². The van der Waals surface area contributed by atoms with Gasteiger partial charge in [-0.2, -0.15) is 0 Å². The van der Waals surface area contributed by atoms with Crippen LogP contribution < -0.4 is 16.0 Å². The van der Waals surface area contributed by atoms with Crippen LogP contribution in [0, 0.1) is 12.7 Å². The van der Waals surface area contributed by atoms with E-state index in [0.717, 1.165) is 5.56 Å². The van der Waals surface area contributed by atoms with Crippen LogP contribution in [0.5, 0.6) is 0 Å². The largest absolute Gasteiger partial charge is 0.356 e. The Hall–Kier alpha value is -2.11. The lowest BCUT2D eigenvalue weighted by Crippen LogP contribution is -2.32. The fourth-order valence-electron chi connectivity index (χ4n) is 1.44. The molecule has 0 bridgehead atoms. The van der Waals surface area contributed by atoms with Crippen molar-refractivity contribution in [3.63, 3.8) is 0 Å². The fourth-order valence-corrected chi connectivity index (χ4v) is 1.44. The lowest BCUT2D eigenvalue weighted by molar-refractivity contribution is -0.118. The first-order chi connectivity index (χ1) is 8.99.